The Bertz CT molecular complexity index is 1400. The quantitative estimate of drug-likeness (QED) is 0.363. The maximum absolute atomic E-state index is 13.5. The lowest BCUT2D eigenvalue weighted by atomic mass is 9.91. The van der Waals surface area contributed by atoms with E-state index in [1.54, 1.807) is 31.2 Å². The molecule has 1 aliphatic rings. The van der Waals surface area contributed by atoms with Crippen LogP contribution in [0.1, 0.15) is 29.7 Å². The van der Waals surface area contributed by atoms with Gasteiger partial charge >= 0.3 is 5.69 Å². The third-order valence-electron chi connectivity index (χ3n) is 6.69. The van der Waals surface area contributed by atoms with E-state index in [9.17, 15) is 24.6 Å². The summed E-state index contributed by atoms with van der Waals surface area (Å²) in [4.78, 5) is 44.6. The molecule has 2 aromatic heterocycles. The smallest absolute Gasteiger partial charge is 0.332 e. The van der Waals surface area contributed by atoms with E-state index in [0.29, 0.717) is 24.5 Å². The number of hydrogen-bond acceptors (Lipinski definition) is 8. The average Bonchev–Trinajstić information content (AvgIpc) is 3.23. The highest BCUT2D eigenvalue weighted by Crippen LogP contribution is 2.33. The van der Waals surface area contributed by atoms with Gasteiger partial charge in [0.1, 0.15) is 12.4 Å². The summed E-state index contributed by atoms with van der Waals surface area (Å²) in [5.41, 5.74) is -1.88. The summed E-state index contributed by atoms with van der Waals surface area (Å²) in [7, 11) is 4.70. The molecule has 0 saturated carbocycles. The van der Waals surface area contributed by atoms with E-state index in [4.69, 9.17) is 4.74 Å². The topological polar surface area (TPSA) is 144 Å². The number of fused-ring (bicyclic) bond motifs is 1. The number of aryl methyl sites for hydroxylation is 1. The first-order valence-electron chi connectivity index (χ1n) is 11.7. The Morgan fingerprint density at radius 1 is 1.24 bits per heavy atom. The summed E-state index contributed by atoms with van der Waals surface area (Å²) in [6.45, 7) is 2.65. The number of ether oxygens (including phenoxy) is 1. The number of likely N-dealkylation sites (tertiary alicyclic amines) is 1. The first kappa shape index (κ1) is 28.4. The van der Waals surface area contributed by atoms with Crippen molar-refractivity contribution in [2.45, 2.75) is 31.1 Å². The van der Waals surface area contributed by atoms with Crippen LogP contribution in [0.15, 0.2) is 40.2 Å². The van der Waals surface area contributed by atoms with Gasteiger partial charge in [0.2, 0.25) is 0 Å². The second-order valence-electron chi connectivity index (χ2n) is 9.45. The van der Waals surface area contributed by atoms with Crippen molar-refractivity contribution in [3.63, 3.8) is 0 Å². The molecule has 37 heavy (non-hydrogen) atoms. The molecule has 1 amide bonds. The number of aromatic nitrogens is 4. The predicted molar refractivity (Wildman–Crippen MR) is 140 cm³/mol. The monoisotopic (exact) mass is 536 g/mol. The zero-order valence-electron chi connectivity index (χ0n) is 21.2. The molecule has 4 rings (SSSR count). The lowest BCUT2D eigenvalue weighted by Crippen LogP contribution is -2.44. The third kappa shape index (κ3) is 5.42. The number of likely N-dealkylation sites (N-methyl/N-ethyl adjacent to an activating group) is 1. The number of carbonyl (C=O) groups is 1. The molecule has 3 atom stereocenters. The van der Waals surface area contributed by atoms with Crippen molar-refractivity contribution in [2.75, 3.05) is 33.3 Å². The average molecular weight is 537 g/mol. The Hall–Kier alpha value is -3.19. The Labute approximate surface area is 219 Å². The number of amides is 1. The number of carbonyl (C=O) groups excluding carboxylic acids is 1. The summed E-state index contributed by atoms with van der Waals surface area (Å²) in [6, 6.07) is 5.96. The van der Waals surface area contributed by atoms with Crippen molar-refractivity contribution in [3.05, 3.63) is 57.0 Å². The van der Waals surface area contributed by atoms with Crippen LogP contribution >= 0.6 is 12.4 Å². The summed E-state index contributed by atoms with van der Waals surface area (Å²) in [6.07, 6.45) is 0.368. The van der Waals surface area contributed by atoms with Crippen LogP contribution in [0.3, 0.4) is 0 Å². The fourth-order valence-corrected chi connectivity index (χ4v) is 4.74. The zero-order valence-corrected chi connectivity index (χ0v) is 22.1. The molecule has 0 bridgehead atoms. The number of benzene rings is 1. The second kappa shape index (κ2) is 11.1. The van der Waals surface area contributed by atoms with Gasteiger partial charge in [-0.05, 0) is 32.2 Å². The van der Waals surface area contributed by atoms with E-state index in [0.717, 1.165) is 4.57 Å². The van der Waals surface area contributed by atoms with Crippen molar-refractivity contribution in [1.82, 2.24) is 28.9 Å². The van der Waals surface area contributed by atoms with Crippen LogP contribution in [0.4, 0.5) is 0 Å². The molecule has 3 aromatic rings. The summed E-state index contributed by atoms with van der Waals surface area (Å²) >= 11 is 0. The van der Waals surface area contributed by atoms with Gasteiger partial charge in [-0.2, -0.15) is 0 Å². The molecule has 1 saturated heterocycles. The number of aliphatic hydroxyl groups excluding tert-OH is 1. The van der Waals surface area contributed by atoms with Gasteiger partial charge in [-0.25, -0.2) is 9.78 Å². The van der Waals surface area contributed by atoms with E-state index in [-0.39, 0.29) is 49.0 Å². The third-order valence-corrected chi connectivity index (χ3v) is 6.69. The minimum atomic E-state index is -1.49. The molecule has 0 radical (unpaired) electrons. The molecule has 0 spiro atoms. The molecule has 3 N–H and O–H groups in total. The van der Waals surface area contributed by atoms with Gasteiger partial charge in [0.05, 0.1) is 24.1 Å². The van der Waals surface area contributed by atoms with E-state index >= 15 is 0 Å². The highest BCUT2D eigenvalue weighted by Gasteiger charge is 2.42. The van der Waals surface area contributed by atoms with Gasteiger partial charge in [0.25, 0.3) is 11.5 Å². The molecule has 0 unspecified atom stereocenters. The van der Waals surface area contributed by atoms with Crippen LogP contribution in [0.5, 0.6) is 5.75 Å². The zero-order chi connectivity index (χ0) is 26.2. The van der Waals surface area contributed by atoms with Crippen LogP contribution in [0.2, 0.25) is 0 Å². The summed E-state index contributed by atoms with van der Waals surface area (Å²) < 4.78 is 9.42. The number of hydrogen-bond donors (Lipinski definition) is 3. The van der Waals surface area contributed by atoms with Crippen molar-refractivity contribution < 1.29 is 19.7 Å². The van der Waals surface area contributed by atoms with Gasteiger partial charge in [-0.15, -0.1) is 12.4 Å². The van der Waals surface area contributed by atoms with Crippen molar-refractivity contribution in [2.24, 2.45) is 14.1 Å². The van der Waals surface area contributed by atoms with Crippen LogP contribution in [0.25, 0.3) is 11.2 Å². The minimum Gasteiger partial charge on any atom is -0.492 e. The first-order chi connectivity index (χ1) is 17.0. The van der Waals surface area contributed by atoms with Crippen LogP contribution in [-0.4, -0.2) is 84.7 Å². The normalized spacial score (nSPS) is 21.9. The molecular weight excluding hydrogens is 504 g/mol. The van der Waals surface area contributed by atoms with Gasteiger partial charge < -0.3 is 29.7 Å². The molecule has 3 heterocycles. The fraction of sp³-hybridized carbons (Fsp3) is 0.500. The molecule has 1 aromatic carbocycles. The van der Waals surface area contributed by atoms with Crippen LogP contribution in [-0.2, 0) is 14.1 Å². The fourth-order valence-electron chi connectivity index (χ4n) is 4.74. The Kier molecular flexibility index (Phi) is 8.48. The number of rotatable bonds is 6. The first-order valence-corrected chi connectivity index (χ1v) is 11.7. The van der Waals surface area contributed by atoms with Crippen LogP contribution in [0, 0.1) is 0 Å². The van der Waals surface area contributed by atoms with E-state index in [1.807, 2.05) is 7.05 Å². The van der Waals surface area contributed by atoms with Crippen molar-refractivity contribution in [3.8, 4) is 5.75 Å². The van der Waals surface area contributed by atoms with Gasteiger partial charge in [-0.3, -0.25) is 18.7 Å². The van der Waals surface area contributed by atoms with Gasteiger partial charge in [0, 0.05) is 45.7 Å². The highest BCUT2D eigenvalue weighted by atomic mass is 35.5. The largest absolute Gasteiger partial charge is 0.492 e. The maximum atomic E-state index is 13.5. The van der Waals surface area contributed by atoms with Gasteiger partial charge in [0.15, 0.2) is 11.2 Å². The van der Waals surface area contributed by atoms with Crippen molar-refractivity contribution >= 4 is 29.5 Å². The Balaban J connectivity index is 0.00000380. The lowest BCUT2D eigenvalue weighted by molar-refractivity contribution is -0.0216. The molecule has 0 aliphatic carbocycles. The minimum absolute atomic E-state index is 0. The number of β-amino-alcohol motifs (C(OH)–C–C–N with tert-alkyl or cyclic N) is 1. The second-order valence-corrected chi connectivity index (χ2v) is 9.45. The maximum Gasteiger partial charge on any atom is 0.332 e. The SMILES string of the molecule is CNCCOc1cccc(C(=O)N2C[C@@H](O)C[C@@](C)(O)[C@H](n3cnc4c3c(=O)n(C)c(=O)n4C)C2)c1.Cl. The Morgan fingerprint density at radius 2 is 1.97 bits per heavy atom. The van der Waals surface area contributed by atoms with Gasteiger partial charge in [-0.1, -0.05) is 6.07 Å². The van der Waals surface area contributed by atoms with E-state index < -0.39 is 29.0 Å². The van der Waals surface area contributed by atoms with E-state index in [2.05, 4.69) is 10.3 Å². The lowest BCUT2D eigenvalue weighted by Gasteiger charge is -2.34. The summed E-state index contributed by atoms with van der Waals surface area (Å²) in [5.74, 6) is 0.195. The van der Waals surface area contributed by atoms with Crippen LogP contribution < -0.4 is 21.3 Å². The number of aliphatic hydroxyl groups is 2. The molecular formula is C24H33ClN6O6. The number of nitrogens with zero attached hydrogens (tertiary/aromatic N) is 5. The Morgan fingerprint density at radius 3 is 2.68 bits per heavy atom. The highest BCUT2D eigenvalue weighted by molar-refractivity contribution is 5.94. The number of halogens is 1. The molecule has 13 heteroatoms. The van der Waals surface area contributed by atoms with Crippen molar-refractivity contribution in [1.29, 1.82) is 0 Å². The molecule has 12 nitrogen and oxygen atoms in total. The van der Waals surface area contributed by atoms with E-state index in [1.165, 1.54) is 34.5 Å². The number of nitrogens with one attached hydrogen (secondary N) is 1. The predicted octanol–water partition coefficient (Wildman–Crippen LogP) is -0.347. The summed E-state index contributed by atoms with van der Waals surface area (Å²) in [5, 5.41) is 25.0. The molecule has 1 fully saturated rings. The molecule has 1 aliphatic heterocycles. The number of imidazole rings is 1. The standard InChI is InChI=1S/C24H32N6O6.ClH/c1-24(35)11-16(31)12-29(21(32)15-6-5-7-17(10-15)36-9-8-25-2)13-18(24)30-14-26-20-19(30)22(33)28(4)23(34)27(20)3;/h5-7,10,14,16,18,25,31,35H,8-9,11-13H2,1-4H3;1H/t16-,18+,24+;/m0./s1. The molecule has 202 valence electrons.